The summed E-state index contributed by atoms with van der Waals surface area (Å²) in [5, 5.41) is 7.41. The van der Waals surface area contributed by atoms with Crippen LogP contribution in [0, 0.1) is 13.8 Å². The molecule has 1 N–H and O–H groups in total. The van der Waals surface area contributed by atoms with E-state index in [1.807, 2.05) is 30.5 Å². The maximum Gasteiger partial charge on any atom is 0.251 e. The molecule has 3 heterocycles. The molecular weight excluding hydrogens is 392 g/mol. The van der Waals surface area contributed by atoms with Gasteiger partial charge in [-0.2, -0.15) is 0 Å². The number of halogens is 1. The normalized spacial score (nSPS) is 11.0. The summed E-state index contributed by atoms with van der Waals surface area (Å²) in [6.45, 7) is 4.41. The van der Waals surface area contributed by atoms with Gasteiger partial charge in [0.05, 0.1) is 28.5 Å². The van der Waals surface area contributed by atoms with Crippen molar-refractivity contribution in [2.75, 3.05) is 0 Å². The number of carbonyl (C=O) groups excluding carboxylic acids is 1. The van der Waals surface area contributed by atoms with Crippen molar-refractivity contribution < 1.29 is 14.1 Å². The summed E-state index contributed by atoms with van der Waals surface area (Å²) in [5.41, 5.74) is 3.81. The fraction of sp³-hybridized carbons (Fsp3) is 0.190. The molecule has 1 aromatic carbocycles. The van der Waals surface area contributed by atoms with Crippen LogP contribution < -0.4 is 10.1 Å². The van der Waals surface area contributed by atoms with E-state index in [0.717, 1.165) is 28.4 Å². The van der Waals surface area contributed by atoms with Gasteiger partial charge in [0.15, 0.2) is 0 Å². The van der Waals surface area contributed by atoms with E-state index >= 15 is 0 Å². The van der Waals surface area contributed by atoms with Gasteiger partial charge in [0, 0.05) is 18.0 Å². The van der Waals surface area contributed by atoms with Gasteiger partial charge in [0.25, 0.3) is 5.91 Å². The van der Waals surface area contributed by atoms with Gasteiger partial charge < -0.3 is 19.0 Å². The largest absolute Gasteiger partial charge is 0.489 e. The van der Waals surface area contributed by atoms with E-state index in [4.69, 9.17) is 20.9 Å². The molecule has 3 aromatic heterocycles. The highest BCUT2D eigenvalue weighted by molar-refractivity contribution is 6.30. The van der Waals surface area contributed by atoms with Gasteiger partial charge in [0.1, 0.15) is 23.8 Å². The predicted octanol–water partition coefficient (Wildman–Crippen LogP) is 4.10. The molecule has 1 amide bonds. The van der Waals surface area contributed by atoms with Crippen LogP contribution in [-0.4, -0.2) is 20.4 Å². The zero-order valence-corrected chi connectivity index (χ0v) is 16.7. The maximum atomic E-state index is 12.4. The number of carbonyl (C=O) groups is 1. The molecule has 0 unspecified atom stereocenters. The van der Waals surface area contributed by atoms with Crippen molar-refractivity contribution in [1.29, 1.82) is 0 Å². The summed E-state index contributed by atoms with van der Waals surface area (Å²) >= 11 is 5.98. The quantitative estimate of drug-likeness (QED) is 0.517. The van der Waals surface area contributed by atoms with Gasteiger partial charge in [-0.25, -0.2) is 4.98 Å². The Kier molecular flexibility index (Phi) is 5.22. The first-order valence-corrected chi connectivity index (χ1v) is 9.43. The number of hydrogen-bond acceptors (Lipinski definition) is 5. The second-order valence-corrected chi connectivity index (χ2v) is 7.08. The number of nitrogens with zero attached hydrogens (tertiary/aromatic N) is 3. The van der Waals surface area contributed by atoms with E-state index in [1.165, 1.54) is 0 Å². The van der Waals surface area contributed by atoms with E-state index in [1.54, 1.807) is 36.5 Å². The van der Waals surface area contributed by atoms with Gasteiger partial charge in [-0.1, -0.05) is 16.8 Å². The van der Waals surface area contributed by atoms with E-state index in [2.05, 4.69) is 15.5 Å². The average Bonchev–Trinajstić information content (AvgIpc) is 3.27. The lowest BCUT2D eigenvalue weighted by atomic mass is 10.2. The fourth-order valence-electron chi connectivity index (χ4n) is 2.94. The third kappa shape index (κ3) is 4.25. The molecule has 0 saturated carbocycles. The second kappa shape index (κ2) is 7.97. The number of fused-ring (bicyclic) bond motifs is 1. The predicted molar refractivity (Wildman–Crippen MR) is 108 cm³/mol. The van der Waals surface area contributed by atoms with Crippen molar-refractivity contribution in [1.82, 2.24) is 19.9 Å². The summed E-state index contributed by atoms with van der Waals surface area (Å²) in [4.78, 5) is 16.9. The fourth-order valence-corrected chi connectivity index (χ4v) is 3.11. The molecule has 0 spiro atoms. The number of ether oxygens (including phenoxy) is 1. The van der Waals surface area contributed by atoms with E-state index < -0.39 is 0 Å². The van der Waals surface area contributed by atoms with Crippen molar-refractivity contribution in [3.63, 3.8) is 0 Å². The van der Waals surface area contributed by atoms with Crippen LogP contribution in [-0.2, 0) is 13.2 Å². The number of amides is 1. The summed E-state index contributed by atoms with van der Waals surface area (Å²) < 4.78 is 12.7. The highest BCUT2D eigenvalue weighted by Crippen LogP contribution is 2.18. The summed E-state index contributed by atoms with van der Waals surface area (Å²) in [6.07, 6.45) is 3.61. The Morgan fingerprint density at radius 2 is 1.97 bits per heavy atom. The highest BCUT2D eigenvalue weighted by atomic mass is 35.5. The number of pyridine rings is 1. The number of benzene rings is 1. The molecule has 8 heteroatoms. The molecular formula is C21H19ClN4O3. The maximum absolute atomic E-state index is 12.4. The van der Waals surface area contributed by atoms with E-state index in [-0.39, 0.29) is 5.91 Å². The number of aryl methyl sites for hydroxylation is 2. The third-order valence-electron chi connectivity index (χ3n) is 4.58. The van der Waals surface area contributed by atoms with Crippen molar-refractivity contribution >= 4 is 23.2 Å². The number of rotatable bonds is 6. The van der Waals surface area contributed by atoms with Crippen LogP contribution in [0.25, 0.3) is 5.65 Å². The topological polar surface area (TPSA) is 81.7 Å². The third-order valence-corrected chi connectivity index (χ3v) is 4.80. The van der Waals surface area contributed by atoms with Crippen molar-refractivity contribution in [3.8, 4) is 5.75 Å². The Bertz CT molecular complexity index is 1150. The molecule has 4 aromatic rings. The Hall–Kier alpha value is -3.32. The van der Waals surface area contributed by atoms with Crippen molar-refractivity contribution in [2.24, 2.45) is 0 Å². The Labute approximate surface area is 172 Å². The second-order valence-electron chi connectivity index (χ2n) is 6.64. The Morgan fingerprint density at radius 3 is 2.69 bits per heavy atom. The number of hydrogen-bond donors (Lipinski definition) is 1. The molecule has 0 atom stereocenters. The first-order valence-electron chi connectivity index (χ1n) is 9.05. The molecule has 0 saturated heterocycles. The monoisotopic (exact) mass is 410 g/mol. The minimum absolute atomic E-state index is 0.183. The molecule has 0 radical (unpaired) electrons. The van der Waals surface area contributed by atoms with Crippen LogP contribution in [0.5, 0.6) is 5.75 Å². The molecule has 4 rings (SSSR count). The number of aromatic nitrogens is 3. The first-order chi connectivity index (χ1) is 14.0. The zero-order chi connectivity index (χ0) is 20.4. The summed E-state index contributed by atoms with van der Waals surface area (Å²) in [6, 6.07) is 10.6. The molecule has 0 bridgehead atoms. The van der Waals surface area contributed by atoms with Crippen LogP contribution >= 0.6 is 11.6 Å². The van der Waals surface area contributed by atoms with Crippen molar-refractivity contribution in [3.05, 3.63) is 82.1 Å². The zero-order valence-electron chi connectivity index (χ0n) is 16.0. The number of imidazole rings is 1. The van der Waals surface area contributed by atoms with Gasteiger partial charge in [-0.05, 0) is 50.2 Å². The molecule has 0 aliphatic carbocycles. The van der Waals surface area contributed by atoms with Gasteiger partial charge in [0.2, 0.25) is 0 Å². The first kappa shape index (κ1) is 19.0. The summed E-state index contributed by atoms with van der Waals surface area (Å²) in [5.74, 6) is 1.23. The van der Waals surface area contributed by atoms with Crippen LogP contribution in [0.4, 0.5) is 0 Å². The van der Waals surface area contributed by atoms with Gasteiger partial charge in [-0.15, -0.1) is 0 Å². The number of nitrogens with one attached hydrogen (secondary N) is 1. The van der Waals surface area contributed by atoms with E-state index in [9.17, 15) is 4.79 Å². The lowest BCUT2D eigenvalue weighted by Gasteiger charge is -2.07. The minimum atomic E-state index is -0.183. The van der Waals surface area contributed by atoms with Crippen LogP contribution in [0.3, 0.4) is 0 Å². The smallest absolute Gasteiger partial charge is 0.251 e. The standard InChI is InChI=1S/C21H19ClN4O3/c1-13-19(14(2)29-25-13)12-28-18-6-3-15(4-7-18)21(27)23-9-17-11-26-10-16(22)5-8-20(26)24-17/h3-8,10-11H,9,12H2,1-2H3,(H,23,27). The lowest BCUT2D eigenvalue weighted by molar-refractivity contribution is 0.0950. The van der Waals surface area contributed by atoms with Gasteiger partial charge in [-0.3, -0.25) is 4.79 Å². The SMILES string of the molecule is Cc1noc(C)c1COc1ccc(C(=O)NCc2cn3cc(Cl)ccc3n2)cc1. The molecule has 0 aliphatic heterocycles. The van der Waals surface area contributed by atoms with Gasteiger partial charge >= 0.3 is 0 Å². The Balaban J connectivity index is 1.35. The molecule has 29 heavy (non-hydrogen) atoms. The van der Waals surface area contributed by atoms with Crippen LogP contribution in [0.15, 0.2) is 53.3 Å². The minimum Gasteiger partial charge on any atom is -0.489 e. The lowest BCUT2D eigenvalue weighted by Crippen LogP contribution is -2.22. The average molecular weight is 411 g/mol. The van der Waals surface area contributed by atoms with Crippen LogP contribution in [0.2, 0.25) is 5.02 Å². The molecule has 7 nitrogen and oxygen atoms in total. The molecule has 148 valence electrons. The highest BCUT2D eigenvalue weighted by Gasteiger charge is 2.11. The molecule has 0 fully saturated rings. The Morgan fingerprint density at radius 1 is 1.17 bits per heavy atom. The molecule has 0 aliphatic rings. The summed E-state index contributed by atoms with van der Waals surface area (Å²) in [7, 11) is 0. The van der Waals surface area contributed by atoms with Crippen LogP contribution in [0.1, 0.15) is 33.1 Å². The van der Waals surface area contributed by atoms with Crippen molar-refractivity contribution in [2.45, 2.75) is 27.0 Å². The van der Waals surface area contributed by atoms with E-state index in [0.29, 0.717) is 29.5 Å².